The number of nitrogen functional groups attached to an aromatic ring is 1. The quantitative estimate of drug-likeness (QED) is 0.694. The van der Waals surface area contributed by atoms with Crippen LogP contribution in [0.2, 0.25) is 5.02 Å². The fourth-order valence-corrected chi connectivity index (χ4v) is 1.67. The van der Waals surface area contributed by atoms with Gasteiger partial charge in [-0.25, -0.2) is 0 Å². The Morgan fingerprint density at radius 1 is 1.56 bits per heavy atom. The van der Waals surface area contributed by atoms with Crippen LogP contribution in [0.5, 0.6) is 0 Å². The summed E-state index contributed by atoms with van der Waals surface area (Å²) in [5, 5.41) is 13.2. The lowest BCUT2D eigenvalue weighted by Crippen LogP contribution is -2.24. The van der Waals surface area contributed by atoms with Crippen molar-refractivity contribution in [1.82, 2.24) is 5.32 Å². The highest BCUT2D eigenvalue weighted by molar-refractivity contribution is 6.33. The maximum Gasteiger partial charge on any atom is 0.220 e. The minimum atomic E-state index is -0.697. The summed E-state index contributed by atoms with van der Waals surface area (Å²) >= 11 is 5.80. The van der Waals surface area contributed by atoms with Crippen LogP contribution in [0.25, 0.3) is 0 Å². The van der Waals surface area contributed by atoms with E-state index in [0.717, 1.165) is 6.42 Å². The number of hydrogen-bond donors (Lipinski definition) is 3. The molecule has 1 unspecified atom stereocenters. The third-order valence-electron chi connectivity index (χ3n) is 2.62. The number of hydrogen-bond acceptors (Lipinski definition) is 3. The number of nitrogens with one attached hydrogen (secondary N) is 1. The van der Waals surface area contributed by atoms with Gasteiger partial charge in [0.05, 0.1) is 16.8 Å². The molecule has 100 valence electrons. The lowest BCUT2D eigenvalue weighted by molar-refractivity contribution is -0.121. The molecule has 0 saturated carbocycles. The summed E-state index contributed by atoms with van der Waals surface area (Å²) in [6.45, 7) is 2.66. The van der Waals surface area contributed by atoms with Crippen LogP contribution in [0.15, 0.2) is 18.2 Å². The van der Waals surface area contributed by atoms with Crippen LogP contribution in [-0.4, -0.2) is 17.6 Å². The fourth-order valence-electron chi connectivity index (χ4n) is 1.56. The van der Waals surface area contributed by atoms with Crippen molar-refractivity contribution < 1.29 is 9.90 Å². The highest BCUT2D eigenvalue weighted by atomic mass is 35.5. The third kappa shape index (κ3) is 4.55. The van der Waals surface area contributed by atoms with Crippen LogP contribution in [-0.2, 0) is 4.79 Å². The molecular formula is C13H19ClN2O2. The Morgan fingerprint density at radius 3 is 2.89 bits per heavy atom. The number of rotatable bonds is 6. The summed E-state index contributed by atoms with van der Waals surface area (Å²) in [6.07, 6.45) is 0.874. The molecule has 0 bridgehead atoms. The molecule has 0 radical (unpaired) electrons. The second-order valence-corrected chi connectivity index (χ2v) is 4.59. The molecular weight excluding hydrogens is 252 g/mol. The van der Waals surface area contributed by atoms with Gasteiger partial charge in [-0.3, -0.25) is 4.79 Å². The van der Waals surface area contributed by atoms with Crippen molar-refractivity contribution in [2.45, 2.75) is 32.3 Å². The molecule has 1 amide bonds. The SMILES string of the molecule is CCCNC(=O)CCC(O)c1ccc(Cl)c(N)c1. The van der Waals surface area contributed by atoms with Crippen molar-refractivity contribution in [2.24, 2.45) is 0 Å². The van der Waals surface area contributed by atoms with E-state index in [2.05, 4.69) is 5.32 Å². The van der Waals surface area contributed by atoms with Crippen LogP contribution in [0.3, 0.4) is 0 Å². The zero-order chi connectivity index (χ0) is 13.5. The zero-order valence-corrected chi connectivity index (χ0v) is 11.2. The molecule has 0 aliphatic heterocycles. The second kappa shape index (κ2) is 7.24. The largest absolute Gasteiger partial charge is 0.398 e. The van der Waals surface area contributed by atoms with Gasteiger partial charge in [0, 0.05) is 13.0 Å². The van der Waals surface area contributed by atoms with Gasteiger partial charge in [-0.2, -0.15) is 0 Å². The van der Waals surface area contributed by atoms with E-state index in [1.807, 2.05) is 6.92 Å². The number of nitrogens with two attached hydrogens (primary N) is 1. The Bertz CT molecular complexity index is 410. The van der Waals surface area contributed by atoms with E-state index >= 15 is 0 Å². The Morgan fingerprint density at radius 2 is 2.28 bits per heavy atom. The molecule has 18 heavy (non-hydrogen) atoms. The number of anilines is 1. The molecule has 0 aliphatic carbocycles. The molecule has 5 heteroatoms. The summed E-state index contributed by atoms with van der Waals surface area (Å²) in [5.41, 5.74) is 6.77. The molecule has 0 heterocycles. The van der Waals surface area contributed by atoms with Gasteiger partial charge in [-0.05, 0) is 30.5 Å². The lowest BCUT2D eigenvalue weighted by Gasteiger charge is -2.12. The van der Waals surface area contributed by atoms with Crippen LogP contribution in [0.4, 0.5) is 5.69 Å². The van der Waals surface area contributed by atoms with Gasteiger partial charge in [0.25, 0.3) is 0 Å². The summed E-state index contributed by atoms with van der Waals surface area (Å²) in [5.74, 6) is -0.0437. The van der Waals surface area contributed by atoms with Gasteiger partial charge >= 0.3 is 0 Å². The van der Waals surface area contributed by atoms with Crippen molar-refractivity contribution >= 4 is 23.2 Å². The van der Waals surface area contributed by atoms with Crippen LogP contribution in [0, 0.1) is 0 Å². The predicted molar refractivity (Wildman–Crippen MR) is 73.4 cm³/mol. The number of aliphatic hydroxyl groups is 1. The first-order valence-electron chi connectivity index (χ1n) is 6.04. The first kappa shape index (κ1) is 14.8. The van der Waals surface area contributed by atoms with Crippen LogP contribution in [0.1, 0.15) is 37.9 Å². The van der Waals surface area contributed by atoms with E-state index in [0.29, 0.717) is 35.7 Å². The van der Waals surface area contributed by atoms with Crippen molar-refractivity contribution in [2.75, 3.05) is 12.3 Å². The first-order valence-corrected chi connectivity index (χ1v) is 6.42. The van der Waals surface area contributed by atoms with Gasteiger partial charge in [0.15, 0.2) is 0 Å². The topological polar surface area (TPSA) is 75.3 Å². The summed E-state index contributed by atoms with van der Waals surface area (Å²) in [7, 11) is 0. The van der Waals surface area contributed by atoms with E-state index < -0.39 is 6.10 Å². The normalized spacial score (nSPS) is 12.2. The lowest BCUT2D eigenvalue weighted by atomic mass is 10.0. The van der Waals surface area contributed by atoms with Gasteiger partial charge in [0.1, 0.15) is 0 Å². The van der Waals surface area contributed by atoms with Gasteiger partial charge in [0.2, 0.25) is 5.91 Å². The summed E-state index contributed by atoms with van der Waals surface area (Å²) in [4.78, 5) is 11.4. The van der Waals surface area contributed by atoms with Crippen LogP contribution < -0.4 is 11.1 Å². The molecule has 4 N–H and O–H groups in total. The number of benzene rings is 1. The number of amides is 1. The number of halogens is 1. The first-order chi connectivity index (χ1) is 8.54. The number of aliphatic hydroxyl groups excluding tert-OH is 1. The fraction of sp³-hybridized carbons (Fsp3) is 0.462. The van der Waals surface area contributed by atoms with E-state index in [4.69, 9.17) is 17.3 Å². The average Bonchev–Trinajstić information content (AvgIpc) is 2.36. The molecule has 0 aliphatic rings. The van der Waals surface area contributed by atoms with E-state index in [1.165, 1.54) is 0 Å². The average molecular weight is 271 g/mol. The Balaban J connectivity index is 2.47. The van der Waals surface area contributed by atoms with E-state index in [1.54, 1.807) is 18.2 Å². The maximum absolute atomic E-state index is 11.4. The van der Waals surface area contributed by atoms with Crippen molar-refractivity contribution in [3.05, 3.63) is 28.8 Å². The Hall–Kier alpha value is -1.26. The van der Waals surface area contributed by atoms with Gasteiger partial charge in [-0.1, -0.05) is 24.6 Å². The number of carbonyl (C=O) groups is 1. The molecule has 1 aromatic carbocycles. The van der Waals surface area contributed by atoms with Crippen LogP contribution >= 0.6 is 11.6 Å². The standard InChI is InChI=1S/C13H19ClN2O2/c1-2-7-16-13(18)6-5-12(17)9-3-4-10(14)11(15)8-9/h3-4,8,12,17H,2,5-7,15H2,1H3,(H,16,18). The molecule has 0 aromatic heterocycles. The number of carbonyl (C=O) groups excluding carboxylic acids is 1. The third-order valence-corrected chi connectivity index (χ3v) is 2.97. The molecule has 0 saturated heterocycles. The molecule has 4 nitrogen and oxygen atoms in total. The Kier molecular flexibility index (Phi) is 5.95. The highest BCUT2D eigenvalue weighted by Crippen LogP contribution is 2.25. The molecule has 0 spiro atoms. The summed E-state index contributed by atoms with van der Waals surface area (Å²) < 4.78 is 0. The minimum absolute atomic E-state index is 0.0437. The highest BCUT2D eigenvalue weighted by Gasteiger charge is 2.11. The molecule has 1 rings (SSSR count). The maximum atomic E-state index is 11.4. The predicted octanol–water partition coefficient (Wildman–Crippen LogP) is 2.26. The summed E-state index contributed by atoms with van der Waals surface area (Å²) in [6, 6.07) is 5.00. The van der Waals surface area contributed by atoms with E-state index in [-0.39, 0.29) is 5.91 Å². The molecule has 1 atom stereocenters. The monoisotopic (exact) mass is 270 g/mol. The van der Waals surface area contributed by atoms with Crippen molar-refractivity contribution in [1.29, 1.82) is 0 Å². The van der Waals surface area contributed by atoms with E-state index in [9.17, 15) is 9.90 Å². The van der Waals surface area contributed by atoms with Gasteiger partial charge in [-0.15, -0.1) is 0 Å². The van der Waals surface area contributed by atoms with Gasteiger partial charge < -0.3 is 16.2 Å². The van der Waals surface area contributed by atoms with Crippen molar-refractivity contribution in [3.8, 4) is 0 Å². The minimum Gasteiger partial charge on any atom is -0.398 e. The smallest absolute Gasteiger partial charge is 0.220 e. The zero-order valence-electron chi connectivity index (χ0n) is 10.4. The molecule has 0 fully saturated rings. The second-order valence-electron chi connectivity index (χ2n) is 4.19. The van der Waals surface area contributed by atoms with Crippen molar-refractivity contribution in [3.63, 3.8) is 0 Å². The Labute approximate surface area is 112 Å². The molecule has 1 aromatic rings.